The molecule has 3 rings (SSSR count). The van der Waals surface area contributed by atoms with E-state index in [1.807, 2.05) is 11.8 Å². The molecule has 3 heterocycles. The average Bonchev–Trinajstić information content (AvgIpc) is 3.10. The SMILES string of the molecule is CCc1cc(CNC(=O)Cn2ncc(N3CCOCC3)cc2=O)on1. The lowest BCUT2D eigenvalue weighted by atomic mass is 10.3. The summed E-state index contributed by atoms with van der Waals surface area (Å²) in [6.45, 7) is 4.77. The van der Waals surface area contributed by atoms with E-state index in [0.717, 1.165) is 35.6 Å². The van der Waals surface area contributed by atoms with Gasteiger partial charge in [-0.15, -0.1) is 0 Å². The molecule has 1 N–H and O–H groups in total. The Hall–Kier alpha value is -2.68. The Bertz CT molecular complexity index is 779. The van der Waals surface area contributed by atoms with Crippen LogP contribution >= 0.6 is 0 Å². The van der Waals surface area contributed by atoms with Crippen LogP contribution in [0, 0.1) is 0 Å². The van der Waals surface area contributed by atoms with Gasteiger partial charge in [0.15, 0.2) is 5.76 Å². The first kappa shape index (κ1) is 17.2. The van der Waals surface area contributed by atoms with Crippen LogP contribution in [-0.4, -0.2) is 47.1 Å². The number of aromatic nitrogens is 3. The van der Waals surface area contributed by atoms with E-state index in [9.17, 15) is 9.59 Å². The molecule has 0 saturated carbocycles. The number of nitrogens with zero attached hydrogens (tertiary/aromatic N) is 4. The van der Waals surface area contributed by atoms with Gasteiger partial charge in [0.05, 0.1) is 37.3 Å². The van der Waals surface area contributed by atoms with Crippen LogP contribution in [0.5, 0.6) is 0 Å². The summed E-state index contributed by atoms with van der Waals surface area (Å²) in [5.74, 6) is 0.261. The zero-order valence-electron chi connectivity index (χ0n) is 14.1. The summed E-state index contributed by atoms with van der Waals surface area (Å²) < 4.78 is 11.5. The van der Waals surface area contributed by atoms with Crippen LogP contribution in [0.25, 0.3) is 0 Å². The lowest BCUT2D eigenvalue weighted by molar-refractivity contribution is -0.122. The van der Waals surface area contributed by atoms with E-state index in [1.54, 1.807) is 12.3 Å². The quantitative estimate of drug-likeness (QED) is 0.781. The van der Waals surface area contributed by atoms with E-state index >= 15 is 0 Å². The minimum atomic E-state index is -0.317. The van der Waals surface area contributed by atoms with Gasteiger partial charge in [-0.2, -0.15) is 5.10 Å². The predicted molar refractivity (Wildman–Crippen MR) is 89.3 cm³/mol. The largest absolute Gasteiger partial charge is 0.378 e. The number of amides is 1. The summed E-state index contributed by atoms with van der Waals surface area (Å²) in [7, 11) is 0. The van der Waals surface area contributed by atoms with Gasteiger partial charge in [-0.25, -0.2) is 4.68 Å². The molecule has 1 aliphatic heterocycles. The molecule has 0 spiro atoms. The van der Waals surface area contributed by atoms with Crippen molar-refractivity contribution in [2.45, 2.75) is 26.4 Å². The van der Waals surface area contributed by atoms with Gasteiger partial charge in [0, 0.05) is 25.2 Å². The van der Waals surface area contributed by atoms with Crippen molar-refractivity contribution in [3.8, 4) is 0 Å². The Morgan fingerprint density at radius 2 is 2.12 bits per heavy atom. The highest BCUT2D eigenvalue weighted by Gasteiger charge is 2.14. The van der Waals surface area contributed by atoms with Gasteiger partial charge in [-0.1, -0.05) is 12.1 Å². The second kappa shape index (κ2) is 7.93. The fraction of sp³-hybridized carbons (Fsp3) is 0.500. The molecule has 0 aromatic carbocycles. The van der Waals surface area contributed by atoms with Gasteiger partial charge in [-0.3, -0.25) is 9.59 Å². The average molecular weight is 347 g/mol. The minimum absolute atomic E-state index is 0.142. The molecule has 1 saturated heterocycles. The Morgan fingerprint density at radius 1 is 1.32 bits per heavy atom. The molecule has 1 fully saturated rings. The maximum absolute atomic E-state index is 12.2. The normalized spacial score (nSPS) is 14.5. The van der Waals surface area contributed by atoms with Gasteiger partial charge in [-0.05, 0) is 6.42 Å². The van der Waals surface area contributed by atoms with Crippen LogP contribution in [0.2, 0.25) is 0 Å². The summed E-state index contributed by atoms with van der Waals surface area (Å²) in [4.78, 5) is 26.2. The lowest BCUT2D eigenvalue weighted by Gasteiger charge is -2.28. The van der Waals surface area contributed by atoms with Gasteiger partial charge in [0.25, 0.3) is 5.56 Å². The lowest BCUT2D eigenvalue weighted by Crippen LogP contribution is -2.38. The van der Waals surface area contributed by atoms with E-state index < -0.39 is 0 Å². The van der Waals surface area contributed by atoms with Crippen molar-refractivity contribution >= 4 is 11.6 Å². The molecule has 0 atom stereocenters. The smallest absolute Gasteiger partial charge is 0.269 e. The monoisotopic (exact) mass is 347 g/mol. The summed E-state index contributed by atoms with van der Waals surface area (Å²) in [5.41, 5.74) is 1.27. The molecule has 134 valence electrons. The third-order valence-electron chi connectivity index (χ3n) is 3.95. The molecule has 9 nitrogen and oxygen atoms in total. The Kier molecular flexibility index (Phi) is 5.44. The highest BCUT2D eigenvalue weighted by atomic mass is 16.5. The van der Waals surface area contributed by atoms with Crippen molar-refractivity contribution in [2.24, 2.45) is 0 Å². The number of anilines is 1. The van der Waals surface area contributed by atoms with Crippen LogP contribution in [0.1, 0.15) is 18.4 Å². The van der Waals surface area contributed by atoms with Crippen molar-refractivity contribution in [3.63, 3.8) is 0 Å². The molecule has 2 aromatic rings. The summed E-state index contributed by atoms with van der Waals surface area (Å²) in [6, 6.07) is 3.29. The van der Waals surface area contributed by atoms with E-state index in [1.165, 1.54) is 6.07 Å². The number of ether oxygens (including phenoxy) is 1. The van der Waals surface area contributed by atoms with E-state index in [-0.39, 0.29) is 24.6 Å². The van der Waals surface area contributed by atoms with Crippen molar-refractivity contribution in [1.29, 1.82) is 0 Å². The highest BCUT2D eigenvalue weighted by Crippen LogP contribution is 2.11. The van der Waals surface area contributed by atoms with Crippen molar-refractivity contribution < 1.29 is 14.1 Å². The van der Waals surface area contributed by atoms with E-state index in [4.69, 9.17) is 9.26 Å². The van der Waals surface area contributed by atoms with Gasteiger partial charge < -0.3 is 19.5 Å². The van der Waals surface area contributed by atoms with Gasteiger partial charge >= 0.3 is 0 Å². The van der Waals surface area contributed by atoms with E-state index in [2.05, 4.69) is 15.6 Å². The zero-order valence-corrected chi connectivity index (χ0v) is 14.1. The number of aryl methyl sites for hydroxylation is 1. The molecule has 0 aliphatic carbocycles. The molecule has 0 bridgehead atoms. The first-order chi connectivity index (χ1) is 12.2. The molecule has 0 unspecified atom stereocenters. The third kappa shape index (κ3) is 4.44. The molecule has 1 aliphatic rings. The van der Waals surface area contributed by atoms with Crippen molar-refractivity contribution in [3.05, 3.63) is 40.1 Å². The Morgan fingerprint density at radius 3 is 2.80 bits per heavy atom. The van der Waals surface area contributed by atoms with Crippen molar-refractivity contribution in [2.75, 3.05) is 31.2 Å². The Labute approximate surface area is 144 Å². The number of hydrogen-bond donors (Lipinski definition) is 1. The van der Waals surface area contributed by atoms with Gasteiger partial charge in [0.2, 0.25) is 5.91 Å². The third-order valence-corrected chi connectivity index (χ3v) is 3.95. The molecule has 9 heteroatoms. The number of carbonyl (C=O) groups is 1. The van der Waals surface area contributed by atoms with Gasteiger partial charge in [0.1, 0.15) is 6.54 Å². The minimum Gasteiger partial charge on any atom is -0.378 e. The summed E-state index contributed by atoms with van der Waals surface area (Å²) in [6.07, 6.45) is 2.37. The zero-order chi connectivity index (χ0) is 17.6. The number of rotatable bonds is 6. The molecular formula is C16H21N5O4. The van der Waals surface area contributed by atoms with E-state index in [0.29, 0.717) is 19.0 Å². The molecule has 25 heavy (non-hydrogen) atoms. The standard InChI is InChI=1S/C16H21N5O4/c1-2-12-7-14(25-19-12)10-17-15(22)11-21-16(23)8-13(9-18-21)20-3-5-24-6-4-20/h7-9H,2-6,10-11H2,1H3,(H,17,22). The van der Waals surface area contributed by atoms with Crippen molar-refractivity contribution in [1.82, 2.24) is 20.3 Å². The number of carbonyl (C=O) groups excluding carboxylic acids is 1. The molecular weight excluding hydrogens is 326 g/mol. The van der Waals surface area contributed by atoms with Crippen LogP contribution in [-0.2, 0) is 29.0 Å². The second-order valence-electron chi connectivity index (χ2n) is 5.72. The molecule has 0 radical (unpaired) electrons. The van der Waals surface area contributed by atoms with Crippen LogP contribution < -0.4 is 15.8 Å². The number of nitrogens with one attached hydrogen (secondary N) is 1. The maximum atomic E-state index is 12.2. The van der Waals surface area contributed by atoms with Crippen LogP contribution in [0.4, 0.5) is 5.69 Å². The highest BCUT2D eigenvalue weighted by molar-refractivity contribution is 5.75. The van der Waals surface area contributed by atoms with Crippen LogP contribution in [0.3, 0.4) is 0 Å². The first-order valence-corrected chi connectivity index (χ1v) is 8.26. The fourth-order valence-electron chi connectivity index (χ4n) is 2.52. The topological polar surface area (TPSA) is 102 Å². The fourth-order valence-corrected chi connectivity index (χ4v) is 2.52. The number of hydrogen-bond acceptors (Lipinski definition) is 7. The predicted octanol–water partition coefficient (Wildman–Crippen LogP) is -0.0533. The Balaban J connectivity index is 1.56. The second-order valence-corrected chi connectivity index (χ2v) is 5.72. The molecule has 2 aromatic heterocycles. The summed E-state index contributed by atoms with van der Waals surface area (Å²) in [5, 5.41) is 10.6. The number of morpholine rings is 1. The summed E-state index contributed by atoms with van der Waals surface area (Å²) >= 11 is 0. The first-order valence-electron chi connectivity index (χ1n) is 8.26. The maximum Gasteiger partial charge on any atom is 0.269 e. The molecule has 1 amide bonds. The van der Waals surface area contributed by atoms with Crippen LogP contribution in [0.15, 0.2) is 27.6 Å².